The molecular weight excluding hydrogens is 773 g/mol. The minimum atomic E-state index is -1.06. The standard InChI is InChI=1S/C51H38O10/c52-41-39(42(53)46(57)49(60)45(41)56)30-20-16-28(17-21-30)36(29-18-22-31(23-19-29)40-43(54)47(58)50(61)48(59)44(40)55)25-27-15-24-35-34-13-7-8-14-37(34)51(38(35)26-27,32-9-3-1-4-10-32)33-11-5-2-6-12-33/h1-24,26,36,52-61H,25H2. The Morgan fingerprint density at radius 3 is 1.16 bits per heavy atom. The van der Waals surface area contributed by atoms with Crippen molar-refractivity contribution in [3.63, 3.8) is 0 Å². The van der Waals surface area contributed by atoms with Gasteiger partial charge in [0.1, 0.15) is 0 Å². The molecule has 10 N–H and O–H groups in total. The third-order valence-electron chi connectivity index (χ3n) is 11.9. The molecule has 1 aliphatic rings. The third-order valence-corrected chi connectivity index (χ3v) is 11.9. The quantitative estimate of drug-likeness (QED) is 0.0520. The molecule has 0 bridgehead atoms. The van der Waals surface area contributed by atoms with Crippen LogP contribution in [0.4, 0.5) is 0 Å². The van der Waals surface area contributed by atoms with Crippen LogP contribution in [0.2, 0.25) is 0 Å². The van der Waals surface area contributed by atoms with Crippen molar-refractivity contribution < 1.29 is 51.1 Å². The van der Waals surface area contributed by atoms with Gasteiger partial charge in [-0.3, -0.25) is 0 Å². The second-order valence-corrected chi connectivity index (χ2v) is 15.1. The fourth-order valence-electron chi connectivity index (χ4n) is 8.96. The minimum Gasteiger partial charge on any atom is -0.504 e. The number of fused-ring (bicyclic) bond motifs is 3. The zero-order valence-corrected chi connectivity index (χ0v) is 32.2. The second kappa shape index (κ2) is 14.5. The van der Waals surface area contributed by atoms with Crippen molar-refractivity contribution in [2.75, 3.05) is 0 Å². The number of aromatic hydroxyl groups is 10. The number of phenols is 10. The van der Waals surface area contributed by atoms with Crippen molar-refractivity contribution in [2.24, 2.45) is 0 Å². The van der Waals surface area contributed by atoms with Gasteiger partial charge in [-0.05, 0) is 67.6 Å². The summed E-state index contributed by atoms with van der Waals surface area (Å²) in [7, 11) is 0. The van der Waals surface area contributed by atoms with E-state index in [1.165, 1.54) is 0 Å². The van der Waals surface area contributed by atoms with E-state index in [-0.39, 0.29) is 28.2 Å². The molecule has 0 amide bonds. The highest BCUT2D eigenvalue weighted by atomic mass is 16.4. The predicted octanol–water partition coefficient (Wildman–Crippen LogP) is 9.81. The van der Waals surface area contributed by atoms with E-state index in [4.69, 9.17) is 0 Å². The zero-order chi connectivity index (χ0) is 42.7. The number of hydrogen-bond donors (Lipinski definition) is 10. The lowest BCUT2D eigenvalue weighted by Gasteiger charge is -2.34. The molecule has 0 atom stereocenters. The van der Waals surface area contributed by atoms with E-state index in [0.29, 0.717) is 6.42 Å². The van der Waals surface area contributed by atoms with Crippen molar-refractivity contribution in [3.8, 4) is 90.9 Å². The molecule has 61 heavy (non-hydrogen) atoms. The predicted molar refractivity (Wildman–Crippen MR) is 230 cm³/mol. The first-order valence-corrected chi connectivity index (χ1v) is 19.4. The lowest BCUT2D eigenvalue weighted by Crippen LogP contribution is -2.28. The van der Waals surface area contributed by atoms with Crippen LogP contribution in [0, 0.1) is 0 Å². The first-order chi connectivity index (χ1) is 29.4. The average molecular weight is 811 g/mol. The lowest BCUT2D eigenvalue weighted by molar-refractivity contribution is 0.330. The van der Waals surface area contributed by atoms with E-state index >= 15 is 0 Å². The van der Waals surface area contributed by atoms with E-state index in [1.807, 2.05) is 18.2 Å². The molecular formula is C51H38O10. The molecule has 0 unspecified atom stereocenters. The molecule has 0 aliphatic heterocycles. The maximum atomic E-state index is 10.7. The van der Waals surface area contributed by atoms with E-state index in [9.17, 15) is 51.1 Å². The highest BCUT2D eigenvalue weighted by Crippen LogP contribution is 2.58. The summed E-state index contributed by atoms with van der Waals surface area (Å²) >= 11 is 0. The van der Waals surface area contributed by atoms with Crippen LogP contribution < -0.4 is 0 Å². The molecule has 8 aromatic rings. The summed E-state index contributed by atoms with van der Waals surface area (Å²) in [6.07, 6.45) is 0.455. The van der Waals surface area contributed by atoms with Gasteiger partial charge >= 0.3 is 0 Å². The van der Waals surface area contributed by atoms with E-state index < -0.39 is 62.9 Å². The number of rotatable bonds is 8. The summed E-state index contributed by atoms with van der Waals surface area (Å²) in [6.45, 7) is 0. The molecule has 8 aromatic carbocycles. The molecule has 0 aromatic heterocycles. The molecule has 9 rings (SSSR count). The first-order valence-electron chi connectivity index (χ1n) is 19.4. The van der Waals surface area contributed by atoms with Gasteiger partial charge in [-0.2, -0.15) is 0 Å². The van der Waals surface area contributed by atoms with Crippen molar-refractivity contribution >= 4 is 0 Å². The van der Waals surface area contributed by atoms with Gasteiger partial charge in [-0.1, -0.05) is 152 Å². The number of benzene rings is 8. The van der Waals surface area contributed by atoms with Crippen LogP contribution in [-0.4, -0.2) is 51.1 Å². The van der Waals surface area contributed by atoms with E-state index in [2.05, 4.69) is 84.9 Å². The zero-order valence-electron chi connectivity index (χ0n) is 32.2. The first kappa shape index (κ1) is 38.3. The van der Waals surface area contributed by atoms with Crippen molar-refractivity contribution in [1.29, 1.82) is 0 Å². The van der Waals surface area contributed by atoms with Gasteiger partial charge in [0, 0.05) is 5.92 Å². The maximum Gasteiger partial charge on any atom is 0.208 e. The van der Waals surface area contributed by atoms with Crippen LogP contribution in [0.15, 0.2) is 152 Å². The van der Waals surface area contributed by atoms with Crippen LogP contribution >= 0.6 is 0 Å². The molecule has 0 spiro atoms. The Labute approximate surface area is 349 Å². The molecule has 0 radical (unpaired) electrons. The molecule has 0 saturated heterocycles. The number of hydrogen-bond acceptors (Lipinski definition) is 10. The van der Waals surface area contributed by atoms with Gasteiger partial charge in [-0.15, -0.1) is 0 Å². The third kappa shape index (κ3) is 5.87. The number of phenolic OH excluding ortho intramolecular Hbond substituents is 10. The molecule has 10 nitrogen and oxygen atoms in total. The summed E-state index contributed by atoms with van der Waals surface area (Å²) in [6, 6.07) is 49.4. The van der Waals surface area contributed by atoms with Crippen molar-refractivity contribution in [3.05, 3.63) is 191 Å². The van der Waals surface area contributed by atoms with Crippen LogP contribution in [0.25, 0.3) is 33.4 Å². The topological polar surface area (TPSA) is 202 Å². The highest BCUT2D eigenvalue weighted by molar-refractivity contribution is 5.88. The summed E-state index contributed by atoms with van der Waals surface area (Å²) in [5.41, 5.74) is 8.59. The van der Waals surface area contributed by atoms with Gasteiger partial charge in [0.15, 0.2) is 23.0 Å². The minimum absolute atomic E-state index is 0.238. The Balaban J connectivity index is 1.20. The smallest absolute Gasteiger partial charge is 0.208 e. The van der Waals surface area contributed by atoms with Crippen LogP contribution in [0.3, 0.4) is 0 Å². The van der Waals surface area contributed by atoms with Gasteiger partial charge < -0.3 is 51.1 Å². The molecule has 1 aliphatic carbocycles. The molecule has 302 valence electrons. The molecule has 0 heterocycles. The molecule has 10 heteroatoms. The Kier molecular flexibility index (Phi) is 9.13. The van der Waals surface area contributed by atoms with Crippen molar-refractivity contribution in [2.45, 2.75) is 17.8 Å². The van der Waals surface area contributed by atoms with Gasteiger partial charge in [0.2, 0.25) is 34.5 Å². The molecule has 0 fully saturated rings. The lowest BCUT2D eigenvalue weighted by atomic mass is 9.67. The van der Waals surface area contributed by atoms with E-state index in [1.54, 1.807) is 48.5 Å². The highest BCUT2D eigenvalue weighted by Gasteiger charge is 2.46. The van der Waals surface area contributed by atoms with Gasteiger partial charge in [0.25, 0.3) is 0 Å². The SMILES string of the molecule is Oc1c(O)c(O)c(-c2ccc(C(Cc3ccc4c(c3)C(c3ccccc3)(c3ccccc3)c3ccccc3-4)c3ccc(-c4c(O)c(O)c(O)c(O)c4O)cc3)cc2)c(O)c1O. The monoisotopic (exact) mass is 810 g/mol. The Hall–Kier alpha value is -8.24. The average Bonchev–Trinajstić information content (AvgIpc) is 3.59. The van der Waals surface area contributed by atoms with E-state index in [0.717, 1.165) is 50.1 Å². The normalized spacial score (nSPS) is 12.6. The maximum absolute atomic E-state index is 10.7. The second-order valence-electron chi connectivity index (χ2n) is 15.1. The fraction of sp³-hybridized carbons (Fsp3) is 0.0588. The summed E-state index contributed by atoms with van der Waals surface area (Å²) < 4.78 is 0. The summed E-state index contributed by atoms with van der Waals surface area (Å²) in [5, 5.41) is 104. The van der Waals surface area contributed by atoms with Crippen LogP contribution in [0.1, 0.15) is 44.9 Å². The fourth-order valence-corrected chi connectivity index (χ4v) is 8.96. The Morgan fingerprint density at radius 2 is 0.721 bits per heavy atom. The largest absolute Gasteiger partial charge is 0.504 e. The van der Waals surface area contributed by atoms with Crippen LogP contribution in [-0.2, 0) is 11.8 Å². The summed E-state index contributed by atoms with van der Waals surface area (Å²) in [4.78, 5) is 0. The Morgan fingerprint density at radius 1 is 0.344 bits per heavy atom. The van der Waals surface area contributed by atoms with Crippen molar-refractivity contribution in [1.82, 2.24) is 0 Å². The van der Waals surface area contributed by atoms with Gasteiger partial charge in [-0.25, -0.2) is 0 Å². The van der Waals surface area contributed by atoms with Crippen LogP contribution in [0.5, 0.6) is 57.5 Å². The Bertz CT molecular complexity index is 2770. The van der Waals surface area contributed by atoms with Gasteiger partial charge in [0.05, 0.1) is 16.5 Å². The summed E-state index contributed by atoms with van der Waals surface area (Å²) in [5.74, 6) is -9.69. The molecule has 0 saturated carbocycles.